The average molecular weight is 447 g/mol. The number of amides is 1. The Labute approximate surface area is 190 Å². The number of methoxy groups -OCH3 is 1. The molecule has 32 heavy (non-hydrogen) atoms. The Kier molecular flexibility index (Phi) is 6.72. The van der Waals surface area contributed by atoms with Gasteiger partial charge in [-0.15, -0.1) is 0 Å². The van der Waals surface area contributed by atoms with Crippen LogP contribution in [0.25, 0.3) is 0 Å². The molecule has 8 heteroatoms. The van der Waals surface area contributed by atoms with E-state index in [0.29, 0.717) is 41.0 Å². The van der Waals surface area contributed by atoms with Crippen LogP contribution in [0.3, 0.4) is 0 Å². The number of pyridine rings is 1. The highest BCUT2D eigenvalue weighted by Gasteiger charge is 2.15. The Morgan fingerprint density at radius 1 is 1.06 bits per heavy atom. The molecule has 0 aliphatic rings. The van der Waals surface area contributed by atoms with Gasteiger partial charge in [-0.3, -0.25) is 9.78 Å². The van der Waals surface area contributed by atoms with Crippen molar-refractivity contribution in [2.24, 2.45) is 0 Å². The van der Waals surface area contributed by atoms with Gasteiger partial charge in [0.2, 0.25) is 0 Å². The lowest BCUT2D eigenvalue weighted by atomic mass is 10.1. The first kappa shape index (κ1) is 21.5. The van der Waals surface area contributed by atoms with E-state index in [1.165, 1.54) is 5.56 Å². The summed E-state index contributed by atoms with van der Waals surface area (Å²) in [5.74, 6) is 1.34. The minimum Gasteiger partial charge on any atom is -0.493 e. The van der Waals surface area contributed by atoms with Gasteiger partial charge in [0, 0.05) is 29.7 Å². The molecule has 2 aromatic carbocycles. The molecule has 0 atom stereocenters. The van der Waals surface area contributed by atoms with Crippen molar-refractivity contribution in [1.82, 2.24) is 19.7 Å². The van der Waals surface area contributed by atoms with Crippen LogP contribution in [-0.4, -0.2) is 27.4 Å². The number of hydrogen-bond donors (Lipinski definition) is 1. The number of aromatic nitrogens is 3. The fraction of sp³-hybridized carbons (Fsp3) is 0.167. The molecule has 2 heterocycles. The van der Waals surface area contributed by atoms with Crippen LogP contribution in [0.5, 0.6) is 16.7 Å². The zero-order valence-electron chi connectivity index (χ0n) is 17.7. The third kappa shape index (κ3) is 5.47. The van der Waals surface area contributed by atoms with Gasteiger partial charge in [0.15, 0.2) is 17.3 Å². The second-order valence-corrected chi connectivity index (χ2v) is 7.82. The molecule has 4 aromatic rings. The monoisotopic (exact) mass is 446 g/mol. The number of carbonyl (C=O) groups is 1. The Bertz CT molecular complexity index is 1190. The summed E-state index contributed by atoms with van der Waals surface area (Å²) in [4.78, 5) is 21.3. The van der Waals surface area contributed by atoms with Crippen molar-refractivity contribution in [3.63, 3.8) is 0 Å². The van der Waals surface area contributed by atoms with Gasteiger partial charge in [-0.25, -0.2) is 0 Å². The highest BCUT2D eigenvalue weighted by atomic mass is 32.1. The summed E-state index contributed by atoms with van der Waals surface area (Å²) >= 11 is 1.16. The lowest BCUT2D eigenvalue weighted by molar-refractivity contribution is 0.0950. The molecule has 0 saturated carbocycles. The standard InChI is InChI=1S/C24H22N4O3S/c1-16-6-8-17(9-7-16)13-22-27-24(32-28-22)31-21-14-18(10-11-20(21)30-2)23(29)26-15-19-5-3-4-12-25-19/h3-12,14H,13,15H2,1-2H3,(H,26,29). The molecule has 162 valence electrons. The number of rotatable bonds is 8. The molecule has 0 fully saturated rings. The van der Waals surface area contributed by atoms with Crippen LogP contribution < -0.4 is 14.8 Å². The predicted octanol–water partition coefficient (Wildman–Crippen LogP) is 4.56. The third-order valence-corrected chi connectivity index (χ3v) is 5.34. The number of ether oxygens (including phenoxy) is 2. The van der Waals surface area contributed by atoms with Gasteiger partial charge in [-0.05, 0) is 42.8 Å². The average Bonchev–Trinajstić information content (AvgIpc) is 3.26. The van der Waals surface area contributed by atoms with Crippen molar-refractivity contribution >= 4 is 17.4 Å². The van der Waals surface area contributed by atoms with Crippen LogP contribution in [0, 0.1) is 6.92 Å². The first-order valence-corrected chi connectivity index (χ1v) is 10.8. The molecule has 1 N–H and O–H groups in total. The Morgan fingerprint density at radius 2 is 1.91 bits per heavy atom. The molecule has 0 aliphatic heterocycles. The molecule has 0 unspecified atom stereocenters. The zero-order valence-corrected chi connectivity index (χ0v) is 18.6. The minimum atomic E-state index is -0.236. The molecule has 0 aliphatic carbocycles. The summed E-state index contributed by atoms with van der Waals surface area (Å²) in [6, 6.07) is 18.8. The van der Waals surface area contributed by atoms with Crippen LogP contribution in [-0.2, 0) is 13.0 Å². The van der Waals surface area contributed by atoms with Crippen LogP contribution >= 0.6 is 11.5 Å². The van der Waals surface area contributed by atoms with E-state index in [9.17, 15) is 4.79 Å². The van der Waals surface area contributed by atoms with Crippen LogP contribution in [0.2, 0.25) is 0 Å². The minimum absolute atomic E-state index is 0.236. The summed E-state index contributed by atoms with van der Waals surface area (Å²) in [6.07, 6.45) is 2.31. The fourth-order valence-electron chi connectivity index (χ4n) is 3.01. The highest BCUT2D eigenvalue weighted by molar-refractivity contribution is 7.07. The van der Waals surface area contributed by atoms with Crippen molar-refractivity contribution in [3.8, 4) is 16.7 Å². The normalized spacial score (nSPS) is 10.6. The van der Waals surface area contributed by atoms with Crippen LogP contribution in [0.15, 0.2) is 66.9 Å². The molecule has 0 saturated heterocycles. The summed E-state index contributed by atoms with van der Waals surface area (Å²) < 4.78 is 15.7. The molecular formula is C24H22N4O3S. The van der Waals surface area contributed by atoms with E-state index in [4.69, 9.17) is 9.47 Å². The van der Waals surface area contributed by atoms with E-state index in [0.717, 1.165) is 22.8 Å². The van der Waals surface area contributed by atoms with Crippen LogP contribution in [0.4, 0.5) is 0 Å². The van der Waals surface area contributed by atoms with Gasteiger partial charge >= 0.3 is 0 Å². The van der Waals surface area contributed by atoms with E-state index < -0.39 is 0 Å². The Balaban J connectivity index is 1.45. The molecule has 2 aromatic heterocycles. The summed E-state index contributed by atoms with van der Waals surface area (Å²) in [6.45, 7) is 2.39. The maximum absolute atomic E-state index is 12.6. The molecule has 0 radical (unpaired) electrons. The maximum atomic E-state index is 12.6. The number of nitrogens with one attached hydrogen (secondary N) is 1. The van der Waals surface area contributed by atoms with E-state index in [1.54, 1.807) is 31.5 Å². The maximum Gasteiger partial charge on any atom is 0.298 e. The van der Waals surface area contributed by atoms with E-state index in [2.05, 4.69) is 50.8 Å². The second-order valence-electron chi connectivity index (χ2n) is 7.11. The smallest absolute Gasteiger partial charge is 0.298 e. The van der Waals surface area contributed by atoms with Gasteiger partial charge in [0.1, 0.15) is 0 Å². The number of aryl methyl sites for hydroxylation is 1. The fourth-order valence-corrected chi connectivity index (χ4v) is 3.57. The highest BCUT2D eigenvalue weighted by Crippen LogP contribution is 2.33. The SMILES string of the molecule is COc1ccc(C(=O)NCc2ccccn2)cc1Oc1nc(Cc2ccc(C)cc2)ns1. The predicted molar refractivity (Wildman–Crippen MR) is 122 cm³/mol. The lowest BCUT2D eigenvalue weighted by Crippen LogP contribution is -2.23. The van der Waals surface area contributed by atoms with Crippen molar-refractivity contribution in [2.45, 2.75) is 19.9 Å². The van der Waals surface area contributed by atoms with Crippen LogP contribution in [0.1, 0.15) is 33.0 Å². The summed E-state index contributed by atoms with van der Waals surface area (Å²) in [5.41, 5.74) is 3.56. The third-order valence-electron chi connectivity index (χ3n) is 4.71. The van der Waals surface area contributed by atoms with Crippen molar-refractivity contribution in [2.75, 3.05) is 7.11 Å². The first-order chi connectivity index (χ1) is 15.6. The molecule has 7 nitrogen and oxygen atoms in total. The summed E-state index contributed by atoms with van der Waals surface area (Å²) in [5, 5.41) is 3.24. The van der Waals surface area contributed by atoms with Gasteiger partial charge in [-0.1, -0.05) is 35.9 Å². The van der Waals surface area contributed by atoms with E-state index in [1.807, 2.05) is 18.2 Å². The van der Waals surface area contributed by atoms with Crippen molar-refractivity contribution in [1.29, 1.82) is 0 Å². The number of nitrogens with zero attached hydrogens (tertiary/aromatic N) is 3. The summed E-state index contributed by atoms with van der Waals surface area (Å²) in [7, 11) is 1.55. The van der Waals surface area contributed by atoms with Gasteiger partial charge in [0.05, 0.1) is 19.3 Å². The number of hydrogen-bond acceptors (Lipinski definition) is 7. The van der Waals surface area contributed by atoms with Gasteiger partial charge in [0.25, 0.3) is 11.1 Å². The molecule has 1 amide bonds. The van der Waals surface area contributed by atoms with Crippen molar-refractivity contribution < 1.29 is 14.3 Å². The Morgan fingerprint density at radius 3 is 2.66 bits per heavy atom. The largest absolute Gasteiger partial charge is 0.493 e. The molecule has 0 spiro atoms. The van der Waals surface area contributed by atoms with Gasteiger partial charge < -0.3 is 14.8 Å². The second kappa shape index (κ2) is 10.0. The molecule has 0 bridgehead atoms. The number of carbonyl (C=O) groups excluding carboxylic acids is 1. The van der Waals surface area contributed by atoms with E-state index in [-0.39, 0.29) is 5.91 Å². The quantitative estimate of drug-likeness (QED) is 0.427. The Hall–Kier alpha value is -3.78. The van der Waals surface area contributed by atoms with E-state index >= 15 is 0 Å². The molecular weight excluding hydrogens is 424 g/mol. The van der Waals surface area contributed by atoms with Gasteiger partial charge in [-0.2, -0.15) is 9.36 Å². The zero-order chi connectivity index (χ0) is 22.3. The number of benzene rings is 2. The first-order valence-electron chi connectivity index (χ1n) is 10.0. The topological polar surface area (TPSA) is 86.2 Å². The van der Waals surface area contributed by atoms with Crippen molar-refractivity contribution in [3.05, 3.63) is 95.1 Å². The lowest BCUT2D eigenvalue weighted by Gasteiger charge is -2.10. The molecule has 4 rings (SSSR count).